The van der Waals surface area contributed by atoms with Gasteiger partial charge in [0.05, 0.1) is 63.8 Å². The number of nitrogens with one attached hydrogen (secondary N) is 16. The highest BCUT2D eigenvalue weighted by atomic mass is 16.4. The number of aliphatic hydroxyl groups is 4. The number of hydrogen-bond acceptors (Lipinski definition) is 30. The van der Waals surface area contributed by atoms with E-state index in [1.165, 1.54) is 67.6 Å². The molecule has 52 heteroatoms. The maximum Gasteiger partial charge on any atom is 0.328 e. The monoisotopic (exact) mass is 1940 g/mol. The predicted octanol–water partition coefficient (Wildman–Crippen LogP) is -10.5. The van der Waals surface area contributed by atoms with Gasteiger partial charge >= 0.3 is 17.9 Å². The van der Waals surface area contributed by atoms with E-state index in [-0.39, 0.29) is 53.6 Å². The normalized spacial score (nSPS) is 15.0. The lowest BCUT2D eigenvalue weighted by Crippen LogP contribution is -2.63. The lowest BCUT2D eigenvalue weighted by atomic mass is 9.96. The van der Waals surface area contributed by atoms with E-state index in [1.54, 1.807) is 34.6 Å². The van der Waals surface area contributed by atoms with Crippen molar-refractivity contribution in [3.8, 4) is 17.2 Å². The van der Waals surface area contributed by atoms with Crippen LogP contribution in [-0.2, 0) is 125 Å². The first-order chi connectivity index (χ1) is 64.1. The average Bonchev–Trinajstić information content (AvgIpc) is 0.817. The van der Waals surface area contributed by atoms with E-state index in [1.807, 2.05) is 10.6 Å². The van der Waals surface area contributed by atoms with Gasteiger partial charge in [0.25, 0.3) is 0 Å². The van der Waals surface area contributed by atoms with Gasteiger partial charge in [0, 0.05) is 32.1 Å². The molecule has 0 heterocycles. The number of benzene rings is 3. The molecular weight excluding hydrogens is 1810 g/mol. The molecule has 0 radical (unpaired) electrons. The number of aliphatic carboxylic acids is 3. The maximum atomic E-state index is 14.9. The quantitative estimate of drug-likeness (QED) is 0.0249. The van der Waals surface area contributed by atoms with E-state index in [9.17, 15) is 151 Å². The largest absolute Gasteiger partial charge is 0.508 e. The second kappa shape index (κ2) is 57.7. The third kappa shape index (κ3) is 42.5. The summed E-state index contributed by atoms with van der Waals surface area (Å²) >= 11 is 0. The van der Waals surface area contributed by atoms with Crippen LogP contribution in [0, 0.1) is 17.8 Å². The molecule has 18 atom stereocenters. The Hall–Kier alpha value is -14.8. The van der Waals surface area contributed by atoms with Crippen molar-refractivity contribution in [2.75, 3.05) is 26.3 Å². The second-order valence-corrected chi connectivity index (χ2v) is 33.1. The molecule has 756 valence electrons. The number of primary amides is 3. The summed E-state index contributed by atoms with van der Waals surface area (Å²) < 4.78 is 0. The number of nitrogens with two attached hydrogens (primary N) is 4. The Bertz CT molecular complexity index is 4730. The number of phenolic OH excluding ortho intramolecular Hbond substituents is 3. The lowest BCUT2D eigenvalue weighted by molar-refractivity contribution is -0.143. The summed E-state index contributed by atoms with van der Waals surface area (Å²) in [7, 11) is 0. The van der Waals surface area contributed by atoms with Gasteiger partial charge in [-0.1, -0.05) is 84.4 Å². The van der Waals surface area contributed by atoms with Crippen LogP contribution < -0.4 is 108 Å². The van der Waals surface area contributed by atoms with Gasteiger partial charge in [0.15, 0.2) is 0 Å². The number of rotatable bonds is 61. The van der Waals surface area contributed by atoms with Gasteiger partial charge in [-0.15, -0.1) is 0 Å². The van der Waals surface area contributed by atoms with Crippen LogP contribution in [0.5, 0.6) is 17.2 Å². The summed E-state index contributed by atoms with van der Waals surface area (Å²) in [4.78, 5) is 295. The predicted molar refractivity (Wildman–Crippen MR) is 475 cm³/mol. The zero-order valence-corrected chi connectivity index (χ0v) is 76.3. The maximum absolute atomic E-state index is 14.9. The summed E-state index contributed by atoms with van der Waals surface area (Å²) in [6.45, 7) is 7.50. The number of hydrogen-bond donors (Lipinski definition) is 30. The molecule has 3 rings (SSSR count). The van der Waals surface area contributed by atoms with Gasteiger partial charge in [-0.05, 0) is 110 Å². The minimum Gasteiger partial charge on any atom is -0.508 e. The number of aromatic hydroxyl groups is 3. The van der Waals surface area contributed by atoms with E-state index in [0.29, 0.717) is 5.56 Å². The van der Waals surface area contributed by atoms with Gasteiger partial charge in [-0.25, -0.2) is 4.79 Å². The van der Waals surface area contributed by atoms with Gasteiger partial charge in [0.1, 0.15) is 102 Å². The van der Waals surface area contributed by atoms with Gasteiger partial charge in [-0.3, -0.25) is 101 Å². The first-order valence-corrected chi connectivity index (χ1v) is 43.1. The van der Waals surface area contributed by atoms with E-state index in [4.69, 9.17) is 28.0 Å². The summed E-state index contributed by atoms with van der Waals surface area (Å²) in [5.74, 6) is -30.2. The van der Waals surface area contributed by atoms with E-state index < -0.39 is 335 Å². The van der Waals surface area contributed by atoms with Crippen LogP contribution in [0.25, 0.3) is 0 Å². The first kappa shape index (κ1) is 116. The van der Waals surface area contributed by atoms with Gasteiger partial charge in [0.2, 0.25) is 112 Å². The van der Waals surface area contributed by atoms with Crippen LogP contribution in [0.4, 0.5) is 0 Å². The van der Waals surface area contributed by atoms with E-state index in [2.05, 4.69) is 74.4 Å². The molecule has 3 aromatic carbocycles. The summed E-state index contributed by atoms with van der Waals surface area (Å²) in [6.07, 6.45) is -10.9. The number of amides is 19. The van der Waals surface area contributed by atoms with Crippen LogP contribution in [-0.4, -0.2) is 310 Å². The zero-order valence-electron chi connectivity index (χ0n) is 76.3. The molecule has 19 amide bonds. The molecular formula is C85H124N20O32. The fourth-order valence-electron chi connectivity index (χ4n) is 13.0. The number of aliphatic hydroxyl groups excluding tert-OH is 4. The standard InChI is InChI=1S/C85H124N20O32/c1-9-40(6)68(83(134)99-55(30-45-14-20-48(112)21-15-45)80(131)104-69(41(7)108)82(133)91-35-65(117)92-51(26-38(2)3)74(125)102-60(37-107)85(136)137)103-79(130)54(29-44-12-18-47(111)19-13-44)100-84(135)70(42(8)109)105-78(129)52(27-39(4)5)96-81(132)59(36-106)101-75(126)53(28-43-10-16-46(110)17-11-43)97-76(127)56(31-62(88)114)93-64(116)34-90-72(123)58(33-67(120)121)98-73(124)50(23-24-61(87)113)94-77(128)57(32-63(89)115)95-71(122)49(86)22-25-66(118)119/h10-21,38-42,49-60,68-70,106-112H,9,22-37,86H2,1-8H3,(H2,87,113)(H2,88,114)(H2,89,115)(H,90,123)(H,91,133)(H,92,117)(H,93,116)(H,94,128)(H,95,122)(H,96,132)(H,97,127)(H,98,124)(H,99,134)(H,100,135)(H,101,126)(H,102,125)(H,103,130)(H,104,131)(H,105,129)(H,118,119)(H,120,121)(H,136,137)/t40-,41+,42+,49-,50-,51-,52-,53-,54-,55-,56-,57-,58-,59-,60-,68-,69-,70-/m0/s1. The summed E-state index contributed by atoms with van der Waals surface area (Å²) in [5, 5.41) is 137. The van der Waals surface area contributed by atoms with Crippen molar-refractivity contribution in [1.29, 1.82) is 0 Å². The van der Waals surface area contributed by atoms with Crippen molar-refractivity contribution in [3.63, 3.8) is 0 Å². The number of carbonyl (C=O) groups is 22. The highest BCUT2D eigenvalue weighted by Crippen LogP contribution is 2.19. The zero-order chi connectivity index (χ0) is 104. The Morgan fingerprint density at radius 1 is 0.314 bits per heavy atom. The molecule has 0 saturated carbocycles. The van der Waals surface area contributed by atoms with Crippen LogP contribution in [0.15, 0.2) is 72.8 Å². The Balaban J connectivity index is 1.95. The highest BCUT2D eigenvalue weighted by Gasteiger charge is 2.41. The fraction of sp³-hybridized carbons (Fsp3) is 0.529. The summed E-state index contributed by atoms with van der Waals surface area (Å²) in [5.41, 5.74) is 22.4. The minimum absolute atomic E-state index is 0.0336. The molecule has 0 aliphatic rings. The van der Waals surface area contributed by atoms with Crippen molar-refractivity contribution < 1.29 is 157 Å². The number of carboxylic acid groups (broad SMARTS) is 3. The van der Waals surface area contributed by atoms with Gasteiger partial charge < -0.3 is 159 Å². The second-order valence-electron chi connectivity index (χ2n) is 33.1. The summed E-state index contributed by atoms with van der Waals surface area (Å²) in [6, 6.07) is -12.1. The van der Waals surface area contributed by atoms with Gasteiger partial charge in [-0.2, -0.15) is 0 Å². The highest BCUT2D eigenvalue weighted by molar-refractivity contribution is 6.02. The Morgan fingerprint density at radius 3 is 1.01 bits per heavy atom. The molecule has 0 bridgehead atoms. The molecule has 3 aromatic rings. The molecule has 0 saturated heterocycles. The molecule has 137 heavy (non-hydrogen) atoms. The average molecular weight is 1940 g/mol. The molecule has 0 aromatic heterocycles. The van der Waals surface area contributed by atoms with Crippen molar-refractivity contribution in [2.24, 2.45) is 40.7 Å². The van der Waals surface area contributed by atoms with Crippen LogP contribution >= 0.6 is 0 Å². The molecule has 0 aliphatic carbocycles. The molecule has 0 spiro atoms. The van der Waals surface area contributed by atoms with Crippen LogP contribution in [0.1, 0.15) is 136 Å². The van der Waals surface area contributed by atoms with E-state index >= 15 is 0 Å². The molecule has 52 nitrogen and oxygen atoms in total. The topological polar surface area (TPSA) is 874 Å². The van der Waals surface area contributed by atoms with Crippen molar-refractivity contribution >= 4 is 130 Å². The van der Waals surface area contributed by atoms with Crippen molar-refractivity contribution in [1.82, 2.24) is 85.1 Å². The SMILES string of the molecule is CC[C@H](C)[C@H](NC(=O)[C@H](Cc1ccc(O)cc1)NC(=O)[C@@H](NC(=O)[C@H](CC(C)C)NC(=O)[C@H](CO)NC(=O)[C@H](Cc1ccc(O)cc1)NC(=O)[C@H](CC(N)=O)NC(=O)CNC(=O)[C@H](CC(=O)O)NC(=O)[C@H](CCC(N)=O)NC(=O)[C@H](CC(N)=O)NC(=O)[C@@H](N)CCC(=O)O)[C@@H](C)O)C(=O)N[C@@H](Cc1ccc(O)cc1)C(=O)N[C@H](C(=O)NCC(=O)N[C@@H](CC(C)C)C(=O)N[C@@H](CO)C(=O)O)[C@@H](C)O. The fourth-order valence-corrected chi connectivity index (χ4v) is 13.0. The number of carbonyl (C=O) groups excluding carboxylic acids is 19. The van der Waals surface area contributed by atoms with Crippen LogP contribution in [0.3, 0.4) is 0 Å². The Morgan fingerprint density at radius 2 is 0.620 bits per heavy atom. The van der Waals surface area contributed by atoms with Crippen molar-refractivity contribution in [2.45, 2.75) is 242 Å². The Labute approximate surface area is 784 Å². The third-order valence-corrected chi connectivity index (χ3v) is 20.5. The first-order valence-electron chi connectivity index (χ1n) is 43.1. The Kier molecular flexibility index (Phi) is 49.0. The molecule has 0 unspecified atom stereocenters. The van der Waals surface area contributed by atoms with E-state index in [0.717, 1.165) is 26.0 Å². The molecule has 0 fully saturated rings. The van der Waals surface area contributed by atoms with Crippen molar-refractivity contribution in [3.05, 3.63) is 89.5 Å². The third-order valence-electron chi connectivity index (χ3n) is 20.5. The molecule has 34 N–H and O–H groups in total. The molecule has 0 aliphatic heterocycles. The van der Waals surface area contributed by atoms with Crippen LogP contribution in [0.2, 0.25) is 0 Å². The number of carboxylic acids is 3. The minimum atomic E-state index is -2.16. The smallest absolute Gasteiger partial charge is 0.328 e. The lowest BCUT2D eigenvalue weighted by Gasteiger charge is -2.30. The number of phenols is 3.